The Hall–Kier alpha value is -2.43. The monoisotopic (exact) mass is 510 g/mol. The molecule has 2 heterocycles. The van der Waals surface area contributed by atoms with E-state index in [1.807, 2.05) is 38.1 Å². The Bertz CT molecular complexity index is 909. The molecule has 154 valence electrons. The van der Waals surface area contributed by atoms with Crippen molar-refractivity contribution < 1.29 is 19.1 Å². The molecule has 2 aromatic rings. The zero-order valence-electron chi connectivity index (χ0n) is 16.4. The topological polar surface area (TPSA) is 104 Å². The van der Waals surface area contributed by atoms with Crippen LogP contribution in [0.5, 0.6) is 0 Å². The van der Waals surface area contributed by atoms with Gasteiger partial charge in [-0.25, -0.2) is 9.78 Å². The van der Waals surface area contributed by atoms with E-state index in [2.05, 4.69) is 42.6 Å². The fraction of sp³-hybridized carbons (Fsp3) is 0.400. The molecular formula is C20H23IN4O4. The van der Waals surface area contributed by atoms with Crippen molar-refractivity contribution in [1.82, 2.24) is 20.2 Å². The molecule has 0 saturated carbocycles. The molecule has 0 bridgehead atoms. The third kappa shape index (κ3) is 4.60. The van der Waals surface area contributed by atoms with E-state index in [9.17, 15) is 14.4 Å². The minimum atomic E-state index is -0.742. The number of benzene rings is 1. The molecule has 29 heavy (non-hydrogen) atoms. The number of rotatable bonds is 7. The van der Waals surface area contributed by atoms with Crippen LogP contribution in [0.4, 0.5) is 4.79 Å². The van der Waals surface area contributed by atoms with Crippen LogP contribution in [0.25, 0.3) is 11.3 Å². The van der Waals surface area contributed by atoms with Crippen LogP contribution < -0.4 is 5.32 Å². The van der Waals surface area contributed by atoms with Gasteiger partial charge < -0.3 is 15.0 Å². The average molecular weight is 510 g/mol. The number of H-pyrrole nitrogens is 1. The van der Waals surface area contributed by atoms with Gasteiger partial charge in [-0.2, -0.15) is 0 Å². The van der Waals surface area contributed by atoms with Gasteiger partial charge in [0.25, 0.3) is 5.91 Å². The fourth-order valence-electron chi connectivity index (χ4n) is 3.37. The predicted molar refractivity (Wildman–Crippen MR) is 115 cm³/mol. The zero-order chi connectivity index (χ0) is 21.1. The minimum Gasteiger partial charge on any atom is -0.469 e. The van der Waals surface area contributed by atoms with Crippen molar-refractivity contribution in [2.75, 3.05) is 7.11 Å². The highest BCUT2D eigenvalue weighted by atomic mass is 127. The summed E-state index contributed by atoms with van der Waals surface area (Å²) >= 11 is 2.24. The number of methoxy groups -OCH3 is 1. The smallest absolute Gasteiger partial charge is 0.325 e. The molecule has 0 unspecified atom stereocenters. The lowest BCUT2D eigenvalue weighted by atomic mass is 10.0. The summed E-state index contributed by atoms with van der Waals surface area (Å²) in [6.07, 6.45) is 1.97. The number of hydrogen-bond acceptors (Lipinski definition) is 5. The molecule has 1 aromatic heterocycles. The van der Waals surface area contributed by atoms with Crippen LogP contribution in [-0.4, -0.2) is 45.9 Å². The normalized spacial score (nSPS) is 17.6. The molecule has 1 saturated heterocycles. The molecular weight excluding hydrogens is 487 g/mol. The lowest BCUT2D eigenvalue weighted by molar-refractivity contribution is -0.141. The molecule has 2 atom stereocenters. The quantitative estimate of drug-likeness (QED) is 0.338. The number of aromatic amines is 1. The number of amides is 3. The molecule has 1 aliphatic heterocycles. The van der Waals surface area contributed by atoms with Crippen LogP contribution in [0.3, 0.4) is 0 Å². The van der Waals surface area contributed by atoms with Gasteiger partial charge >= 0.3 is 12.0 Å². The van der Waals surface area contributed by atoms with Crippen LogP contribution in [0.15, 0.2) is 30.5 Å². The number of hydrogen-bond donors (Lipinski definition) is 2. The second-order valence-electron chi connectivity index (χ2n) is 7.20. The number of nitrogens with one attached hydrogen (secondary N) is 2. The summed E-state index contributed by atoms with van der Waals surface area (Å²) in [4.78, 5) is 45.8. The van der Waals surface area contributed by atoms with Gasteiger partial charge in [-0.05, 0) is 52.6 Å². The first-order valence-corrected chi connectivity index (χ1v) is 10.4. The number of halogens is 1. The zero-order valence-corrected chi connectivity index (χ0v) is 18.6. The van der Waals surface area contributed by atoms with Gasteiger partial charge in [0.1, 0.15) is 17.9 Å². The maximum absolute atomic E-state index is 12.9. The lowest BCUT2D eigenvalue weighted by Gasteiger charge is -2.27. The van der Waals surface area contributed by atoms with Crippen LogP contribution in [-0.2, 0) is 14.3 Å². The lowest BCUT2D eigenvalue weighted by Crippen LogP contribution is -2.38. The Morgan fingerprint density at radius 1 is 1.28 bits per heavy atom. The molecule has 0 radical (unpaired) electrons. The van der Waals surface area contributed by atoms with Crippen molar-refractivity contribution in [2.45, 2.75) is 38.8 Å². The number of ether oxygens (including phenoxy) is 1. The number of urea groups is 1. The first kappa shape index (κ1) is 21.3. The standard InChI is InChI=1S/C20H23IN4O4/c1-11(2)17(18-22-10-15(23-18)12-4-6-13(21)7-5-12)25-19(27)14(24-20(25)28)8-9-16(26)29-3/h4-7,10-11,14,17H,8-9H2,1-3H3,(H,22,23)(H,24,28)/t14-,17+/m1/s1. The predicted octanol–water partition coefficient (Wildman–Crippen LogP) is 3.25. The van der Waals surface area contributed by atoms with Crippen molar-refractivity contribution in [1.29, 1.82) is 0 Å². The summed E-state index contributed by atoms with van der Waals surface area (Å²) < 4.78 is 5.74. The molecule has 3 rings (SSSR count). The largest absolute Gasteiger partial charge is 0.469 e. The van der Waals surface area contributed by atoms with Gasteiger partial charge in [-0.1, -0.05) is 26.0 Å². The van der Waals surface area contributed by atoms with Crippen molar-refractivity contribution >= 4 is 40.5 Å². The van der Waals surface area contributed by atoms with Gasteiger partial charge in [-0.3, -0.25) is 14.5 Å². The maximum Gasteiger partial charge on any atom is 0.325 e. The van der Waals surface area contributed by atoms with Crippen LogP contribution in [0.1, 0.15) is 38.6 Å². The molecule has 1 fully saturated rings. The summed E-state index contributed by atoms with van der Waals surface area (Å²) in [6, 6.07) is 6.21. The summed E-state index contributed by atoms with van der Waals surface area (Å²) in [5.74, 6) is -0.283. The molecule has 0 spiro atoms. The first-order chi connectivity index (χ1) is 13.8. The van der Waals surface area contributed by atoms with E-state index in [4.69, 9.17) is 0 Å². The Balaban J connectivity index is 1.83. The van der Waals surface area contributed by atoms with E-state index in [-0.39, 0.29) is 24.7 Å². The van der Waals surface area contributed by atoms with Gasteiger partial charge in [0.05, 0.1) is 19.0 Å². The van der Waals surface area contributed by atoms with E-state index >= 15 is 0 Å². The number of imide groups is 1. The van der Waals surface area contributed by atoms with E-state index in [1.54, 1.807) is 6.20 Å². The van der Waals surface area contributed by atoms with E-state index < -0.39 is 24.1 Å². The van der Waals surface area contributed by atoms with E-state index in [0.29, 0.717) is 5.82 Å². The number of imidazole rings is 1. The van der Waals surface area contributed by atoms with Gasteiger partial charge in [0, 0.05) is 9.99 Å². The summed E-state index contributed by atoms with van der Waals surface area (Å²) in [5, 5.41) is 2.67. The van der Waals surface area contributed by atoms with Crippen molar-refractivity contribution in [3.63, 3.8) is 0 Å². The van der Waals surface area contributed by atoms with Crippen molar-refractivity contribution in [3.8, 4) is 11.3 Å². The second kappa shape index (κ2) is 8.93. The number of esters is 1. The highest BCUT2D eigenvalue weighted by Crippen LogP contribution is 2.32. The van der Waals surface area contributed by atoms with Crippen LogP contribution in [0, 0.1) is 9.49 Å². The van der Waals surface area contributed by atoms with Crippen LogP contribution in [0.2, 0.25) is 0 Å². The Labute approximate surface area is 182 Å². The minimum absolute atomic E-state index is 0.0558. The molecule has 9 heteroatoms. The number of carbonyl (C=O) groups is 3. The first-order valence-electron chi connectivity index (χ1n) is 9.33. The Morgan fingerprint density at radius 3 is 2.59 bits per heavy atom. The van der Waals surface area contributed by atoms with E-state index in [0.717, 1.165) is 14.8 Å². The Morgan fingerprint density at radius 2 is 1.97 bits per heavy atom. The SMILES string of the molecule is COC(=O)CC[C@H]1NC(=O)N([C@H](c2ncc(-c3ccc(I)cc3)[nH]2)C(C)C)C1=O. The van der Waals surface area contributed by atoms with Crippen LogP contribution >= 0.6 is 22.6 Å². The summed E-state index contributed by atoms with van der Waals surface area (Å²) in [5.41, 5.74) is 1.79. The van der Waals surface area contributed by atoms with Gasteiger partial charge in [0.2, 0.25) is 0 Å². The molecule has 8 nitrogen and oxygen atoms in total. The highest BCUT2D eigenvalue weighted by Gasteiger charge is 2.44. The fourth-order valence-corrected chi connectivity index (χ4v) is 3.73. The third-order valence-corrected chi connectivity index (χ3v) is 5.58. The maximum atomic E-state index is 12.9. The molecule has 1 aliphatic rings. The molecule has 3 amide bonds. The number of aromatic nitrogens is 2. The Kier molecular flexibility index (Phi) is 6.56. The summed E-state index contributed by atoms with van der Waals surface area (Å²) in [7, 11) is 1.29. The highest BCUT2D eigenvalue weighted by molar-refractivity contribution is 14.1. The third-order valence-electron chi connectivity index (χ3n) is 4.86. The molecule has 0 aliphatic carbocycles. The molecule has 2 N–H and O–H groups in total. The number of carbonyl (C=O) groups excluding carboxylic acids is 3. The number of nitrogens with zero attached hydrogens (tertiary/aromatic N) is 2. The van der Waals surface area contributed by atoms with Crippen molar-refractivity contribution in [3.05, 3.63) is 39.9 Å². The van der Waals surface area contributed by atoms with Gasteiger partial charge in [0.15, 0.2) is 0 Å². The van der Waals surface area contributed by atoms with Crippen molar-refractivity contribution in [2.24, 2.45) is 5.92 Å². The molecule has 1 aromatic carbocycles. The van der Waals surface area contributed by atoms with E-state index in [1.165, 1.54) is 12.0 Å². The van der Waals surface area contributed by atoms with Gasteiger partial charge in [-0.15, -0.1) is 0 Å². The second-order valence-corrected chi connectivity index (χ2v) is 8.45. The summed E-state index contributed by atoms with van der Waals surface area (Å²) in [6.45, 7) is 3.86. The average Bonchev–Trinajstić information content (AvgIpc) is 3.27.